The minimum absolute atomic E-state index is 0.00514. The van der Waals surface area contributed by atoms with Crippen LogP contribution in [0.2, 0.25) is 5.02 Å². The summed E-state index contributed by atoms with van der Waals surface area (Å²) >= 11 is 6.11. The fourth-order valence-electron chi connectivity index (χ4n) is 2.93. The van der Waals surface area contributed by atoms with E-state index in [9.17, 15) is 14.7 Å². The largest absolute Gasteiger partial charge is 0.508 e. The van der Waals surface area contributed by atoms with Crippen LogP contribution in [0.15, 0.2) is 36.4 Å². The quantitative estimate of drug-likeness (QED) is 0.597. The highest BCUT2D eigenvalue weighted by Crippen LogP contribution is 2.30. The van der Waals surface area contributed by atoms with Crippen molar-refractivity contribution in [2.45, 2.75) is 38.8 Å². The summed E-state index contributed by atoms with van der Waals surface area (Å²) in [6.07, 6.45) is 0.652. The van der Waals surface area contributed by atoms with E-state index < -0.39 is 23.5 Å². The van der Waals surface area contributed by atoms with Crippen LogP contribution in [0, 0.1) is 5.82 Å². The fraction of sp³-hybridized carbons (Fsp3) is 0.300. The number of amides is 1. The van der Waals surface area contributed by atoms with Crippen LogP contribution in [0.3, 0.4) is 0 Å². The van der Waals surface area contributed by atoms with E-state index in [1.54, 1.807) is 6.92 Å². The van der Waals surface area contributed by atoms with Gasteiger partial charge in [-0.2, -0.15) is 0 Å². The number of aromatic hydroxyl groups is 1. The highest BCUT2D eigenvalue weighted by Gasteiger charge is 2.25. The van der Waals surface area contributed by atoms with Crippen molar-refractivity contribution in [2.24, 2.45) is 5.73 Å². The number of carbonyl (C=O) groups is 2. The lowest BCUT2D eigenvalue weighted by atomic mass is 9.95. The number of hydrogen-bond acceptors (Lipinski definition) is 4. The molecule has 0 radical (unpaired) electrons. The number of halogens is 2. The Morgan fingerprint density at radius 3 is 2.41 bits per heavy atom. The van der Waals surface area contributed by atoms with Crippen LogP contribution in [0.1, 0.15) is 54.2 Å². The van der Waals surface area contributed by atoms with Gasteiger partial charge >= 0.3 is 0 Å². The molecule has 0 unspecified atom stereocenters. The molecule has 0 spiro atoms. The summed E-state index contributed by atoms with van der Waals surface area (Å²) in [5.41, 5.74) is 5.49. The van der Waals surface area contributed by atoms with E-state index in [2.05, 4.69) is 5.32 Å². The lowest BCUT2D eigenvalue weighted by Crippen LogP contribution is -2.34. The van der Waals surface area contributed by atoms with Crippen LogP contribution in [0.4, 0.5) is 4.39 Å². The molecule has 27 heavy (non-hydrogen) atoms. The maximum absolute atomic E-state index is 15.2. The van der Waals surface area contributed by atoms with Gasteiger partial charge in [-0.05, 0) is 43.7 Å². The Morgan fingerprint density at radius 1 is 1.22 bits per heavy atom. The van der Waals surface area contributed by atoms with Crippen molar-refractivity contribution >= 4 is 23.3 Å². The minimum atomic E-state index is -0.703. The van der Waals surface area contributed by atoms with Gasteiger partial charge in [-0.3, -0.25) is 9.59 Å². The summed E-state index contributed by atoms with van der Waals surface area (Å²) in [5.74, 6) is -1.72. The summed E-state index contributed by atoms with van der Waals surface area (Å²) in [6.45, 7) is 3.65. The normalized spacial score (nSPS) is 13.2. The molecule has 0 saturated carbocycles. The number of ketones is 1. The Bertz CT molecular complexity index is 840. The van der Waals surface area contributed by atoms with Crippen LogP contribution in [-0.4, -0.2) is 22.8 Å². The third kappa shape index (κ3) is 5.05. The second-order valence-electron chi connectivity index (χ2n) is 6.40. The van der Waals surface area contributed by atoms with Gasteiger partial charge in [0.2, 0.25) is 5.91 Å². The van der Waals surface area contributed by atoms with E-state index in [-0.39, 0.29) is 34.4 Å². The lowest BCUT2D eigenvalue weighted by molar-refractivity contribution is -0.118. The van der Waals surface area contributed by atoms with Gasteiger partial charge in [0.1, 0.15) is 11.6 Å². The van der Waals surface area contributed by atoms with Gasteiger partial charge in [0.25, 0.3) is 0 Å². The second-order valence-corrected chi connectivity index (χ2v) is 6.81. The van der Waals surface area contributed by atoms with Crippen LogP contribution in [-0.2, 0) is 4.79 Å². The molecule has 1 amide bonds. The number of phenolic OH excluding ortho intramolecular Hbond substituents is 1. The maximum atomic E-state index is 15.2. The van der Waals surface area contributed by atoms with E-state index in [1.807, 2.05) is 6.92 Å². The van der Waals surface area contributed by atoms with Crippen LogP contribution in [0.5, 0.6) is 5.75 Å². The molecule has 0 aromatic heterocycles. The molecule has 144 valence electrons. The van der Waals surface area contributed by atoms with Crippen molar-refractivity contribution in [3.05, 3.63) is 63.9 Å². The molecule has 0 heterocycles. The van der Waals surface area contributed by atoms with Crippen LogP contribution >= 0.6 is 11.6 Å². The molecule has 4 N–H and O–H groups in total. The van der Waals surface area contributed by atoms with E-state index in [0.717, 1.165) is 0 Å². The maximum Gasteiger partial charge on any atom is 0.218 e. The molecule has 0 aliphatic rings. The van der Waals surface area contributed by atoms with Gasteiger partial charge in [-0.25, -0.2) is 4.39 Å². The molecule has 7 heteroatoms. The summed E-state index contributed by atoms with van der Waals surface area (Å²) < 4.78 is 15.2. The highest BCUT2D eigenvalue weighted by atomic mass is 35.5. The molecule has 2 aromatic carbocycles. The predicted octanol–water partition coefficient (Wildman–Crippen LogP) is 3.72. The molecule has 0 saturated heterocycles. The van der Waals surface area contributed by atoms with Gasteiger partial charge in [0.05, 0.1) is 10.6 Å². The van der Waals surface area contributed by atoms with Gasteiger partial charge in [-0.15, -0.1) is 0 Å². The van der Waals surface area contributed by atoms with Crippen LogP contribution in [0.25, 0.3) is 0 Å². The van der Waals surface area contributed by atoms with Crippen molar-refractivity contribution in [3.8, 4) is 5.75 Å². The molecular weight excluding hydrogens is 371 g/mol. The molecule has 0 aliphatic carbocycles. The molecule has 0 aliphatic heterocycles. The molecule has 0 bridgehead atoms. The smallest absolute Gasteiger partial charge is 0.218 e. The molecule has 5 nitrogen and oxygen atoms in total. The van der Waals surface area contributed by atoms with Crippen molar-refractivity contribution < 1.29 is 19.1 Å². The first-order chi connectivity index (χ1) is 12.7. The summed E-state index contributed by atoms with van der Waals surface area (Å²) in [7, 11) is 0. The number of primary amides is 1. The Balaban J connectivity index is 2.39. The highest BCUT2D eigenvalue weighted by molar-refractivity contribution is 6.35. The average Bonchev–Trinajstić information content (AvgIpc) is 2.60. The Labute approximate surface area is 162 Å². The zero-order valence-electron chi connectivity index (χ0n) is 15.1. The number of rotatable bonds is 8. The number of nitrogens with one attached hydrogen (secondary N) is 1. The number of hydrogen-bond donors (Lipinski definition) is 3. The molecule has 0 fully saturated rings. The first kappa shape index (κ1) is 20.9. The van der Waals surface area contributed by atoms with Crippen molar-refractivity contribution in [2.75, 3.05) is 0 Å². The third-order valence-corrected chi connectivity index (χ3v) is 4.57. The first-order valence-corrected chi connectivity index (χ1v) is 8.98. The molecular formula is C20H22ClFN2O3. The zero-order valence-corrected chi connectivity index (χ0v) is 15.9. The predicted molar refractivity (Wildman–Crippen MR) is 102 cm³/mol. The fourth-order valence-corrected chi connectivity index (χ4v) is 3.17. The molecule has 2 rings (SSSR count). The summed E-state index contributed by atoms with van der Waals surface area (Å²) in [5, 5.41) is 12.5. The number of nitrogens with two attached hydrogens (primary N) is 1. The Kier molecular flexibility index (Phi) is 6.93. The Hall–Kier alpha value is -2.44. The van der Waals surface area contributed by atoms with E-state index in [0.29, 0.717) is 12.0 Å². The Morgan fingerprint density at radius 2 is 1.85 bits per heavy atom. The van der Waals surface area contributed by atoms with Gasteiger partial charge in [0, 0.05) is 29.6 Å². The van der Waals surface area contributed by atoms with Crippen molar-refractivity contribution in [1.29, 1.82) is 0 Å². The number of phenols is 1. The average molecular weight is 393 g/mol. The second kappa shape index (κ2) is 8.97. The summed E-state index contributed by atoms with van der Waals surface area (Å²) in [6, 6.07) is 7.87. The number of carbonyl (C=O) groups excluding carboxylic acids is 2. The monoisotopic (exact) mass is 392 g/mol. The van der Waals surface area contributed by atoms with Crippen LogP contribution < -0.4 is 11.1 Å². The van der Waals surface area contributed by atoms with Gasteiger partial charge < -0.3 is 16.2 Å². The molecule has 2 atom stereocenters. The van der Waals surface area contributed by atoms with Crippen molar-refractivity contribution in [3.63, 3.8) is 0 Å². The van der Waals surface area contributed by atoms with E-state index >= 15 is 4.39 Å². The van der Waals surface area contributed by atoms with Gasteiger partial charge in [0.15, 0.2) is 5.78 Å². The lowest BCUT2D eigenvalue weighted by Gasteiger charge is -2.23. The molecule has 2 aromatic rings. The minimum Gasteiger partial charge on any atom is -0.508 e. The third-order valence-electron chi connectivity index (χ3n) is 4.25. The van der Waals surface area contributed by atoms with Crippen molar-refractivity contribution in [1.82, 2.24) is 5.32 Å². The van der Waals surface area contributed by atoms with E-state index in [4.69, 9.17) is 17.3 Å². The van der Waals surface area contributed by atoms with Gasteiger partial charge in [-0.1, -0.05) is 24.6 Å². The SMILES string of the molecule is CC[C@@H](N[C@H](C)CC(N)=O)c1ccc(Cl)c(C(=O)c2ccc(O)cc2)c1F. The standard InChI is InChI=1S/C20H22ClFN2O3/c1-3-16(24-11(2)10-17(23)26)14-8-9-15(21)18(19(14)22)20(27)12-4-6-13(25)7-5-12/h4-9,11,16,24-25H,3,10H2,1-2H3,(H2,23,26)/t11-,16-/m1/s1. The zero-order chi connectivity index (χ0) is 20.1. The number of benzene rings is 2. The van der Waals surface area contributed by atoms with E-state index in [1.165, 1.54) is 36.4 Å². The summed E-state index contributed by atoms with van der Waals surface area (Å²) in [4.78, 5) is 23.8. The first-order valence-electron chi connectivity index (χ1n) is 8.60. The topological polar surface area (TPSA) is 92.4 Å².